The van der Waals surface area contributed by atoms with Crippen molar-refractivity contribution in [2.75, 3.05) is 42.9 Å². The second kappa shape index (κ2) is 7.64. The molecule has 1 aliphatic heterocycles. The lowest BCUT2D eigenvalue weighted by molar-refractivity contribution is -0.117. The molecule has 1 saturated heterocycles. The Morgan fingerprint density at radius 1 is 1.14 bits per heavy atom. The number of hydrogen-bond donors (Lipinski definition) is 1. The molecular formula is C21H26N4O2S. The van der Waals surface area contributed by atoms with Gasteiger partial charge >= 0.3 is 0 Å². The van der Waals surface area contributed by atoms with Gasteiger partial charge in [0.25, 0.3) is 0 Å². The van der Waals surface area contributed by atoms with Crippen LogP contribution in [0, 0.1) is 5.41 Å². The van der Waals surface area contributed by atoms with E-state index in [1.807, 2.05) is 6.07 Å². The predicted octanol–water partition coefficient (Wildman–Crippen LogP) is 3.06. The number of carbonyl (C=O) groups excluding carboxylic acids is 2. The standard InChI is InChI=1S/C21H26N4O2S/c1-21(2)12-16-19(17(26)13-21)28-20(22-16)23-18(27)14-24-8-10-25(11-9-24)15-6-4-3-5-7-15/h3-7H,8-14H2,1-2H3,(H,22,23,27). The number of carbonyl (C=O) groups is 2. The number of thiazole rings is 1. The van der Waals surface area contributed by atoms with Gasteiger partial charge in [-0.3, -0.25) is 14.5 Å². The molecule has 2 heterocycles. The van der Waals surface area contributed by atoms with Crippen LogP contribution in [0.25, 0.3) is 0 Å². The van der Waals surface area contributed by atoms with E-state index in [0.717, 1.165) is 38.3 Å². The maximum absolute atomic E-state index is 12.5. The fourth-order valence-electron chi connectivity index (χ4n) is 3.94. The molecule has 0 radical (unpaired) electrons. The number of Topliss-reactive ketones (excluding diaryl/α,β-unsaturated/α-hetero) is 1. The van der Waals surface area contributed by atoms with Crippen molar-refractivity contribution >= 4 is 33.8 Å². The van der Waals surface area contributed by atoms with Gasteiger partial charge in [-0.05, 0) is 24.0 Å². The molecule has 4 rings (SSSR count). The minimum atomic E-state index is -0.0639. The minimum absolute atomic E-state index is 0.0577. The molecule has 0 unspecified atom stereocenters. The third-order valence-electron chi connectivity index (χ3n) is 5.34. The smallest absolute Gasteiger partial charge is 0.240 e. The first-order chi connectivity index (χ1) is 13.4. The van der Waals surface area contributed by atoms with Gasteiger partial charge in [-0.15, -0.1) is 0 Å². The van der Waals surface area contributed by atoms with Gasteiger partial charge in [-0.25, -0.2) is 4.98 Å². The molecule has 7 heteroatoms. The number of ketones is 1. The third-order valence-corrected chi connectivity index (χ3v) is 6.40. The summed E-state index contributed by atoms with van der Waals surface area (Å²) < 4.78 is 0. The normalized spacial score (nSPS) is 19.4. The quantitative estimate of drug-likeness (QED) is 0.858. The molecule has 1 aromatic heterocycles. The molecule has 1 fully saturated rings. The lowest BCUT2D eigenvalue weighted by Gasteiger charge is -2.35. The molecule has 28 heavy (non-hydrogen) atoms. The SMILES string of the molecule is CC1(C)CC(=O)c2sc(NC(=O)CN3CCN(c4ccccc4)CC3)nc2C1. The Balaban J connectivity index is 1.31. The van der Waals surface area contributed by atoms with Gasteiger partial charge < -0.3 is 10.2 Å². The van der Waals surface area contributed by atoms with E-state index in [9.17, 15) is 9.59 Å². The van der Waals surface area contributed by atoms with Crippen LogP contribution in [0.2, 0.25) is 0 Å². The van der Waals surface area contributed by atoms with Crippen molar-refractivity contribution in [3.05, 3.63) is 40.9 Å². The maximum Gasteiger partial charge on any atom is 0.240 e. The van der Waals surface area contributed by atoms with E-state index >= 15 is 0 Å². The summed E-state index contributed by atoms with van der Waals surface area (Å²) in [5, 5.41) is 3.44. The highest BCUT2D eigenvalue weighted by Gasteiger charge is 2.34. The molecule has 148 valence electrons. The molecular weight excluding hydrogens is 372 g/mol. The van der Waals surface area contributed by atoms with E-state index in [0.29, 0.717) is 23.0 Å². The summed E-state index contributed by atoms with van der Waals surface area (Å²) >= 11 is 1.31. The molecule has 1 N–H and O–H groups in total. The Morgan fingerprint density at radius 2 is 1.86 bits per heavy atom. The number of nitrogens with zero attached hydrogens (tertiary/aromatic N) is 3. The number of amides is 1. The summed E-state index contributed by atoms with van der Waals surface area (Å²) in [5.41, 5.74) is 2.00. The summed E-state index contributed by atoms with van der Waals surface area (Å²) in [5.74, 6) is 0.0762. The highest BCUT2D eigenvalue weighted by Crippen LogP contribution is 2.38. The van der Waals surface area contributed by atoms with E-state index in [2.05, 4.69) is 58.2 Å². The molecule has 1 aromatic carbocycles. The van der Waals surface area contributed by atoms with Gasteiger partial charge in [0.1, 0.15) is 0 Å². The summed E-state index contributed by atoms with van der Waals surface area (Å²) in [6.07, 6.45) is 1.32. The molecule has 6 nitrogen and oxygen atoms in total. The number of fused-ring (bicyclic) bond motifs is 1. The number of benzene rings is 1. The largest absolute Gasteiger partial charge is 0.369 e. The van der Waals surface area contributed by atoms with Crippen molar-refractivity contribution in [1.29, 1.82) is 0 Å². The lowest BCUT2D eigenvalue weighted by Crippen LogP contribution is -2.48. The molecule has 0 bridgehead atoms. The second-order valence-electron chi connectivity index (χ2n) is 8.38. The highest BCUT2D eigenvalue weighted by molar-refractivity contribution is 7.17. The zero-order chi connectivity index (χ0) is 19.7. The van der Waals surface area contributed by atoms with E-state index in [1.165, 1.54) is 17.0 Å². The van der Waals surface area contributed by atoms with Crippen molar-refractivity contribution in [3.8, 4) is 0 Å². The number of piperazine rings is 1. The van der Waals surface area contributed by atoms with Gasteiger partial charge in [0.2, 0.25) is 5.91 Å². The zero-order valence-corrected chi connectivity index (χ0v) is 17.2. The highest BCUT2D eigenvalue weighted by atomic mass is 32.1. The Bertz CT molecular complexity index is 870. The fraction of sp³-hybridized carbons (Fsp3) is 0.476. The molecule has 1 aliphatic carbocycles. The van der Waals surface area contributed by atoms with Crippen molar-refractivity contribution in [2.45, 2.75) is 26.7 Å². The van der Waals surface area contributed by atoms with Crippen LogP contribution in [0.4, 0.5) is 10.8 Å². The van der Waals surface area contributed by atoms with E-state index in [-0.39, 0.29) is 17.1 Å². The first-order valence-corrected chi connectivity index (χ1v) is 10.6. The number of para-hydroxylation sites is 1. The Labute approximate surface area is 169 Å². The Kier molecular flexibility index (Phi) is 5.21. The number of rotatable bonds is 4. The van der Waals surface area contributed by atoms with Gasteiger partial charge in [0.05, 0.1) is 17.1 Å². The average Bonchev–Trinajstić information content (AvgIpc) is 3.04. The van der Waals surface area contributed by atoms with Gasteiger partial charge in [0.15, 0.2) is 10.9 Å². The van der Waals surface area contributed by atoms with Crippen molar-refractivity contribution in [2.24, 2.45) is 5.41 Å². The topological polar surface area (TPSA) is 65.5 Å². The number of hydrogen-bond acceptors (Lipinski definition) is 6. The third kappa shape index (κ3) is 4.25. The van der Waals surface area contributed by atoms with E-state index in [1.54, 1.807) is 0 Å². The van der Waals surface area contributed by atoms with Crippen LogP contribution in [-0.2, 0) is 11.2 Å². The summed E-state index contributed by atoms with van der Waals surface area (Å²) in [7, 11) is 0. The number of anilines is 2. The monoisotopic (exact) mass is 398 g/mol. The first kappa shape index (κ1) is 19.1. The Morgan fingerprint density at radius 3 is 2.57 bits per heavy atom. The van der Waals surface area contributed by atoms with Crippen LogP contribution in [-0.4, -0.2) is 54.3 Å². The fourth-order valence-corrected chi connectivity index (χ4v) is 4.87. The van der Waals surface area contributed by atoms with Crippen LogP contribution in [0.1, 0.15) is 35.6 Å². The van der Waals surface area contributed by atoms with E-state index in [4.69, 9.17) is 0 Å². The number of aromatic nitrogens is 1. The average molecular weight is 399 g/mol. The molecule has 0 saturated carbocycles. The van der Waals surface area contributed by atoms with Crippen molar-refractivity contribution < 1.29 is 9.59 Å². The first-order valence-electron chi connectivity index (χ1n) is 9.75. The molecule has 0 spiro atoms. The lowest BCUT2D eigenvalue weighted by atomic mass is 9.78. The second-order valence-corrected chi connectivity index (χ2v) is 9.38. The number of nitrogens with one attached hydrogen (secondary N) is 1. The van der Waals surface area contributed by atoms with Crippen LogP contribution in [0.15, 0.2) is 30.3 Å². The van der Waals surface area contributed by atoms with Crippen LogP contribution >= 0.6 is 11.3 Å². The maximum atomic E-state index is 12.5. The summed E-state index contributed by atoms with van der Waals surface area (Å²) in [4.78, 5) is 34.5. The molecule has 0 atom stereocenters. The van der Waals surface area contributed by atoms with Gasteiger partial charge in [0, 0.05) is 38.3 Å². The van der Waals surface area contributed by atoms with Gasteiger partial charge in [-0.1, -0.05) is 43.4 Å². The van der Waals surface area contributed by atoms with Crippen LogP contribution < -0.4 is 10.2 Å². The molecule has 2 aliphatic rings. The van der Waals surface area contributed by atoms with Crippen LogP contribution in [0.3, 0.4) is 0 Å². The van der Waals surface area contributed by atoms with E-state index < -0.39 is 0 Å². The van der Waals surface area contributed by atoms with Crippen molar-refractivity contribution in [1.82, 2.24) is 9.88 Å². The van der Waals surface area contributed by atoms with Gasteiger partial charge in [-0.2, -0.15) is 0 Å². The Hall–Kier alpha value is -2.25. The molecule has 1 amide bonds. The summed E-state index contributed by atoms with van der Waals surface area (Å²) in [6, 6.07) is 10.4. The molecule has 2 aromatic rings. The van der Waals surface area contributed by atoms with Crippen molar-refractivity contribution in [3.63, 3.8) is 0 Å². The zero-order valence-electron chi connectivity index (χ0n) is 16.4. The predicted molar refractivity (Wildman–Crippen MR) is 112 cm³/mol. The van der Waals surface area contributed by atoms with Crippen LogP contribution in [0.5, 0.6) is 0 Å². The minimum Gasteiger partial charge on any atom is -0.369 e. The summed E-state index contributed by atoms with van der Waals surface area (Å²) in [6.45, 7) is 8.04.